The molecule has 1 rings (SSSR count). The molecule has 0 aromatic heterocycles. The zero-order chi connectivity index (χ0) is 17.6. The lowest BCUT2D eigenvalue weighted by Crippen LogP contribution is -2.48. The van der Waals surface area contributed by atoms with E-state index in [1.807, 2.05) is 0 Å². The van der Waals surface area contributed by atoms with Crippen molar-refractivity contribution in [2.24, 2.45) is 0 Å². The number of carbonyl (C=O) groups excluding carboxylic acids is 1. The molecule has 1 heterocycles. The number of ether oxygens (including phenoxy) is 4. The molecule has 0 aromatic rings. The van der Waals surface area contributed by atoms with E-state index in [0.29, 0.717) is 26.2 Å². The molecule has 1 aliphatic rings. The van der Waals surface area contributed by atoms with Crippen molar-refractivity contribution in [1.29, 1.82) is 0 Å². The van der Waals surface area contributed by atoms with Crippen LogP contribution in [0, 0.1) is 0 Å². The van der Waals surface area contributed by atoms with Crippen LogP contribution in [0.1, 0.15) is 33.6 Å². The number of aldehydes is 1. The second-order valence-electron chi connectivity index (χ2n) is 7.46. The van der Waals surface area contributed by atoms with Gasteiger partial charge >= 0.3 is 0 Å². The van der Waals surface area contributed by atoms with Gasteiger partial charge in [0, 0.05) is 13.5 Å². The van der Waals surface area contributed by atoms with Crippen molar-refractivity contribution in [2.45, 2.75) is 63.6 Å². The molecular weight excluding hydrogens is 316 g/mol. The van der Waals surface area contributed by atoms with Crippen molar-refractivity contribution >= 4 is 14.6 Å². The van der Waals surface area contributed by atoms with Crippen LogP contribution >= 0.6 is 0 Å². The fourth-order valence-electron chi connectivity index (χ4n) is 2.28. The van der Waals surface area contributed by atoms with Crippen molar-refractivity contribution < 1.29 is 28.2 Å². The summed E-state index contributed by atoms with van der Waals surface area (Å²) in [5.74, 6) is -0.884. The minimum Gasteiger partial charge on any atom is -0.411 e. The highest BCUT2D eigenvalue weighted by molar-refractivity contribution is 6.74. The van der Waals surface area contributed by atoms with E-state index in [2.05, 4.69) is 33.9 Å². The second kappa shape index (κ2) is 8.69. The first kappa shape index (κ1) is 20.7. The third-order valence-corrected chi connectivity index (χ3v) is 9.05. The Morgan fingerprint density at radius 3 is 2.35 bits per heavy atom. The van der Waals surface area contributed by atoms with E-state index in [-0.39, 0.29) is 24.4 Å². The largest absolute Gasteiger partial charge is 0.411 e. The normalized spacial score (nSPS) is 19.7. The molecule has 0 aliphatic carbocycles. The SMILES string of the molecule is COCOC[C@@H](CC1(CC=O)OCCO1)O[Si](C)(C)C(C)(C)C. The van der Waals surface area contributed by atoms with E-state index in [9.17, 15) is 4.79 Å². The second-order valence-corrected chi connectivity index (χ2v) is 12.2. The Hall–Kier alpha value is -0.313. The smallest absolute Gasteiger partial charge is 0.192 e. The minimum atomic E-state index is -1.98. The Morgan fingerprint density at radius 1 is 1.26 bits per heavy atom. The van der Waals surface area contributed by atoms with Gasteiger partial charge in [-0.15, -0.1) is 0 Å². The van der Waals surface area contributed by atoms with Crippen molar-refractivity contribution in [1.82, 2.24) is 0 Å². The summed E-state index contributed by atoms with van der Waals surface area (Å²) in [5.41, 5.74) is 0. The Morgan fingerprint density at radius 2 is 1.87 bits per heavy atom. The quantitative estimate of drug-likeness (QED) is 0.262. The predicted octanol–water partition coefficient (Wildman–Crippen LogP) is 2.72. The first-order valence-electron chi connectivity index (χ1n) is 8.12. The van der Waals surface area contributed by atoms with Gasteiger partial charge in [0.25, 0.3) is 0 Å². The standard InChI is InChI=1S/C16H32O6Si/c1-15(2,3)23(5,6)22-14(12-19-13-18-4)11-16(7-8-17)20-9-10-21-16/h8,14H,7,9-13H2,1-6H3/t14-/m1/s1. The van der Waals surface area contributed by atoms with Crippen LogP contribution in [-0.4, -0.2) is 60.2 Å². The topological polar surface area (TPSA) is 63.2 Å². The van der Waals surface area contributed by atoms with Crippen LogP contribution in [0.3, 0.4) is 0 Å². The molecule has 0 N–H and O–H groups in total. The van der Waals surface area contributed by atoms with Gasteiger partial charge in [-0.25, -0.2) is 0 Å². The number of methoxy groups -OCH3 is 1. The molecule has 0 aromatic carbocycles. The molecular formula is C16H32O6Si. The number of rotatable bonds is 10. The Labute approximate surface area is 140 Å². The fraction of sp³-hybridized carbons (Fsp3) is 0.938. The lowest BCUT2D eigenvalue weighted by Gasteiger charge is -2.41. The highest BCUT2D eigenvalue weighted by atomic mass is 28.4. The summed E-state index contributed by atoms with van der Waals surface area (Å²) in [6.45, 7) is 12.5. The average Bonchev–Trinajstić information content (AvgIpc) is 2.86. The molecule has 0 spiro atoms. The number of carbonyl (C=O) groups is 1. The average molecular weight is 349 g/mol. The summed E-state index contributed by atoms with van der Waals surface area (Å²) >= 11 is 0. The molecule has 0 unspecified atom stereocenters. The molecule has 0 amide bonds. The van der Waals surface area contributed by atoms with Gasteiger partial charge in [-0.3, -0.25) is 0 Å². The lowest BCUT2D eigenvalue weighted by molar-refractivity contribution is -0.185. The van der Waals surface area contributed by atoms with E-state index in [1.54, 1.807) is 7.11 Å². The molecule has 1 saturated heterocycles. The van der Waals surface area contributed by atoms with E-state index < -0.39 is 14.1 Å². The van der Waals surface area contributed by atoms with Crippen molar-refractivity contribution in [3.63, 3.8) is 0 Å². The van der Waals surface area contributed by atoms with Crippen LogP contribution in [0.4, 0.5) is 0 Å². The molecule has 0 bridgehead atoms. The van der Waals surface area contributed by atoms with E-state index in [1.165, 1.54) is 0 Å². The number of hydrogen-bond acceptors (Lipinski definition) is 6. The summed E-state index contributed by atoms with van der Waals surface area (Å²) < 4.78 is 28.4. The van der Waals surface area contributed by atoms with Gasteiger partial charge < -0.3 is 28.2 Å². The van der Waals surface area contributed by atoms with Gasteiger partial charge in [0.05, 0.1) is 32.3 Å². The summed E-state index contributed by atoms with van der Waals surface area (Å²) in [4.78, 5) is 11.0. The Bertz CT molecular complexity index is 360. The van der Waals surface area contributed by atoms with Gasteiger partial charge in [0.2, 0.25) is 0 Å². The van der Waals surface area contributed by atoms with Crippen LogP contribution in [0.2, 0.25) is 18.1 Å². The molecule has 23 heavy (non-hydrogen) atoms. The molecule has 7 heteroatoms. The molecule has 1 fully saturated rings. The Balaban J connectivity index is 2.80. The maximum absolute atomic E-state index is 11.0. The molecule has 6 nitrogen and oxygen atoms in total. The monoisotopic (exact) mass is 348 g/mol. The molecule has 0 saturated carbocycles. The third kappa shape index (κ3) is 6.24. The maximum Gasteiger partial charge on any atom is 0.192 e. The first-order chi connectivity index (χ1) is 10.7. The van der Waals surface area contributed by atoms with Crippen molar-refractivity contribution in [3.8, 4) is 0 Å². The first-order valence-corrected chi connectivity index (χ1v) is 11.0. The maximum atomic E-state index is 11.0. The van der Waals surface area contributed by atoms with Gasteiger partial charge in [0.15, 0.2) is 14.1 Å². The van der Waals surface area contributed by atoms with Crippen LogP contribution in [0.5, 0.6) is 0 Å². The van der Waals surface area contributed by atoms with Crippen LogP contribution in [-0.2, 0) is 28.2 Å². The van der Waals surface area contributed by atoms with Gasteiger partial charge in [-0.05, 0) is 18.1 Å². The fourth-order valence-corrected chi connectivity index (χ4v) is 3.62. The van der Waals surface area contributed by atoms with E-state index in [0.717, 1.165) is 6.29 Å². The summed E-state index contributed by atoms with van der Waals surface area (Å²) in [5, 5.41) is 0.0850. The minimum absolute atomic E-state index is 0.0850. The predicted molar refractivity (Wildman–Crippen MR) is 89.8 cm³/mol. The number of hydrogen-bond donors (Lipinski definition) is 0. The van der Waals surface area contributed by atoms with Gasteiger partial charge in [-0.1, -0.05) is 20.8 Å². The highest BCUT2D eigenvalue weighted by Crippen LogP contribution is 2.39. The van der Waals surface area contributed by atoms with E-state index >= 15 is 0 Å². The van der Waals surface area contributed by atoms with Gasteiger partial charge in [0.1, 0.15) is 13.1 Å². The van der Waals surface area contributed by atoms with Crippen LogP contribution < -0.4 is 0 Å². The molecule has 1 atom stereocenters. The zero-order valence-corrected chi connectivity index (χ0v) is 16.3. The zero-order valence-electron chi connectivity index (χ0n) is 15.3. The summed E-state index contributed by atoms with van der Waals surface area (Å²) in [6.07, 6.45) is 1.31. The molecule has 0 radical (unpaired) electrons. The third-order valence-electron chi connectivity index (χ3n) is 4.52. The lowest BCUT2D eigenvalue weighted by atomic mass is 10.1. The Kier molecular flexibility index (Phi) is 7.83. The summed E-state index contributed by atoms with van der Waals surface area (Å²) in [6, 6.07) is 0. The van der Waals surface area contributed by atoms with Crippen LogP contribution in [0.15, 0.2) is 0 Å². The van der Waals surface area contributed by atoms with Crippen molar-refractivity contribution in [2.75, 3.05) is 33.7 Å². The van der Waals surface area contributed by atoms with Crippen molar-refractivity contribution in [3.05, 3.63) is 0 Å². The molecule has 1 aliphatic heterocycles. The highest BCUT2D eigenvalue weighted by Gasteiger charge is 2.43. The van der Waals surface area contributed by atoms with Crippen LogP contribution in [0.25, 0.3) is 0 Å². The van der Waals surface area contributed by atoms with E-state index in [4.69, 9.17) is 23.4 Å². The summed E-state index contributed by atoms with van der Waals surface area (Å²) in [7, 11) is -0.392. The van der Waals surface area contributed by atoms with Gasteiger partial charge in [-0.2, -0.15) is 0 Å². The molecule has 136 valence electrons.